The van der Waals surface area contributed by atoms with E-state index in [-0.39, 0.29) is 11.0 Å². The van der Waals surface area contributed by atoms with Gasteiger partial charge in [0.05, 0.1) is 12.8 Å². The molecule has 0 unspecified atom stereocenters. The minimum Gasteiger partial charge on any atom is -0.468 e. The van der Waals surface area contributed by atoms with Gasteiger partial charge in [-0.1, -0.05) is 53.3 Å². The molecule has 1 aromatic heterocycles. The van der Waals surface area contributed by atoms with Crippen molar-refractivity contribution in [2.75, 3.05) is 13.7 Å². The molecule has 2 aromatic rings. The molecule has 2 rings (SSSR count). The largest absolute Gasteiger partial charge is 0.468 e. The molecule has 0 aliphatic rings. The van der Waals surface area contributed by atoms with E-state index in [4.69, 9.17) is 11.6 Å². The Bertz CT molecular complexity index is 628. The molecule has 1 N–H and O–H groups in total. The van der Waals surface area contributed by atoms with Gasteiger partial charge < -0.3 is 10.1 Å². The van der Waals surface area contributed by atoms with Gasteiger partial charge in [-0.15, -0.1) is 0 Å². The number of halogens is 1. The highest BCUT2D eigenvalue weighted by Crippen LogP contribution is 2.30. The van der Waals surface area contributed by atoms with Crippen LogP contribution in [0, 0.1) is 0 Å². The Labute approximate surface area is 124 Å². The van der Waals surface area contributed by atoms with Crippen molar-refractivity contribution >= 4 is 34.8 Å². The second-order valence-corrected chi connectivity index (χ2v) is 5.35. The van der Waals surface area contributed by atoms with Gasteiger partial charge in [-0.3, -0.25) is 9.59 Å². The van der Waals surface area contributed by atoms with Crippen LogP contribution < -0.4 is 5.32 Å². The van der Waals surface area contributed by atoms with Gasteiger partial charge in [0.25, 0.3) is 5.91 Å². The maximum atomic E-state index is 12.1. The number of esters is 1. The van der Waals surface area contributed by atoms with Crippen LogP contribution in [0.5, 0.6) is 0 Å². The summed E-state index contributed by atoms with van der Waals surface area (Å²) >= 11 is 6.95. The maximum absolute atomic E-state index is 12.1. The second-order valence-electron chi connectivity index (χ2n) is 3.77. The number of thiazole rings is 1. The Kier molecular flexibility index (Phi) is 4.70. The number of benzene rings is 1. The minimum absolute atomic E-state index is 0.195. The van der Waals surface area contributed by atoms with Crippen LogP contribution in [-0.2, 0) is 9.53 Å². The average Bonchev–Trinajstić information content (AvgIpc) is 2.87. The summed E-state index contributed by atoms with van der Waals surface area (Å²) in [5.41, 5.74) is 1.29. The molecule has 104 valence electrons. The standard InChI is InChI=1S/C13H11ClN2O3S/c1-19-9(17)7-15-12(18)11-10(16-13(14)20-11)8-5-3-2-4-6-8/h2-6H,7H2,1H3,(H,15,18). The average molecular weight is 311 g/mol. The number of aromatic nitrogens is 1. The van der Waals surface area contributed by atoms with Crippen LogP contribution in [0.15, 0.2) is 30.3 Å². The smallest absolute Gasteiger partial charge is 0.325 e. The van der Waals surface area contributed by atoms with E-state index in [1.54, 1.807) is 0 Å². The Morgan fingerprint density at radius 3 is 2.70 bits per heavy atom. The molecular formula is C13H11ClN2O3S. The van der Waals surface area contributed by atoms with E-state index in [0.29, 0.717) is 10.6 Å². The molecule has 0 aliphatic heterocycles. The van der Waals surface area contributed by atoms with Crippen molar-refractivity contribution in [3.05, 3.63) is 39.7 Å². The summed E-state index contributed by atoms with van der Waals surface area (Å²) in [6.07, 6.45) is 0. The Morgan fingerprint density at radius 1 is 1.35 bits per heavy atom. The fraction of sp³-hybridized carbons (Fsp3) is 0.154. The lowest BCUT2D eigenvalue weighted by atomic mass is 10.1. The van der Waals surface area contributed by atoms with Gasteiger partial charge in [-0.25, -0.2) is 4.98 Å². The van der Waals surface area contributed by atoms with E-state index in [9.17, 15) is 9.59 Å². The van der Waals surface area contributed by atoms with Crippen LogP contribution >= 0.6 is 22.9 Å². The van der Waals surface area contributed by atoms with Gasteiger partial charge >= 0.3 is 5.97 Å². The van der Waals surface area contributed by atoms with Crippen LogP contribution in [0.4, 0.5) is 0 Å². The maximum Gasteiger partial charge on any atom is 0.325 e. The highest BCUT2D eigenvalue weighted by molar-refractivity contribution is 7.18. The molecule has 0 atom stereocenters. The molecule has 0 spiro atoms. The SMILES string of the molecule is COC(=O)CNC(=O)c1sc(Cl)nc1-c1ccccc1. The van der Waals surface area contributed by atoms with E-state index in [1.807, 2.05) is 30.3 Å². The monoisotopic (exact) mass is 310 g/mol. The Hall–Kier alpha value is -1.92. The van der Waals surface area contributed by atoms with Crippen LogP contribution in [0.3, 0.4) is 0 Å². The minimum atomic E-state index is -0.518. The first-order chi connectivity index (χ1) is 9.61. The highest BCUT2D eigenvalue weighted by atomic mass is 35.5. The predicted molar refractivity (Wildman–Crippen MR) is 76.9 cm³/mol. The van der Waals surface area contributed by atoms with Crippen molar-refractivity contribution in [3.63, 3.8) is 0 Å². The van der Waals surface area contributed by atoms with Crippen molar-refractivity contribution in [3.8, 4) is 11.3 Å². The zero-order valence-electron chi connectivity index (χ0n) is 10.6. The molecule has 7 heteroatoms. The molecule has 0 radical (unpaired) electrons. The number of amides is 1. The van der Waals surface area contributed by atoms with E-state index >= 15 is 0 Å². The number of hydrogen-bond acceptors (Lipinski definition) is 5. The summed E-state index contributed by atoms with van der Waals surface area (Å²) < 4.78 is 4.74. The Morgan fingerprint density at radius 2 is 2.05 bits per heavy atom. The molecule has 0 saturated heterocycles. The lowest BCUT2D eigenvalue weighted by molar-refractivity contribution is -0.139. The number of carbonyl (C=O) groups excluding carboxylic acids is 2. The lowest BCUT2D eigenvalue weighted by Gasteiger charge is -2.04. The molecular weight excluding hydrogens is 300 g/mol. The van der Waals surface area contributed by atoms with E-state index in [2.05, 4.69) is 15.0 Å². The third-order valence-electron chi connectivity index (χ3n) is 2.48. The number of hydrogen-bond donors (Lipinski definition) is 1. The van der Waals surface area contributed by atoms with Crippen molar-refractivity contribution in [2.24, 2.45) is 0 Å². The van der Waals surface area contributed by atoms with Crippen molar-refractivity contribution in [2.45, 2.75) is 0 Å². The van der Waals surface area contributed by atoms with Gasteiger partial charge in [-0.05, 0) is 0 Å². The lowest BCUT2D eigenvalue weighted by Crippen LogP contribution is -2.29. The first-order valence-electron chi connectivity index (χ1n) is 5.68. The molecule has 1 amide bonds. The first-order valence-corrected chi connectivity index (χ1v) is 6.88. The summed E-state index contributed by atoms with van der Waals surface area (Å²) in [6, 6.07) is 9.23. The van der Waals surface area contributed by atoms with Crippen molar-refractivity contribution < 1.29 is 14.3 Å². The van der Waals surface area contributed by atoms with E-state index < -0.39 is 11.9 Å². The first kappa shape index (κ1) is 14.5. The molecule has 1 aromatic carbocycles. The van der Waals surface area contributed by atoms with Crippen LogP contribution in [0.1, 0.15) is 9.67 Å². The molecule has 0 aliphatic carbocycles. The topological polar surface area (TPSA) is 68.3 Å². The fourth-order valence-corrected chi connectivity index (χ4v) is 2.59. The van der Waals surface area contributed by atoms with E-state index in [0.717, 1.165) is 16.9 Å². The zero-order valence-corrected chi connectivity index (χ0v) is 12.1. The molecule has 0 saturated carbocycles. The number of carbonyl (C=O) groups is 2. The molecule has 5 nitrogen and oxygen atoms in total. The number of rotatable bonds is 4. The quantitative estimate of drug-likeness (QED) is 0.880. The van der Waals surface area contributed by atoms with Crippen LogP contribution in [0.2, 0.25) is 4.47 Å². The number of nitrogens with one attached hydrogen (secondary N) is 1. The molecule has 1 heterocycles. The summed E-state index contributed by atoms with van der Waals surface area (Å²) in [5.74, 6) is -0.922. The van der Waals surface area contributed by atoms with Crippen molar-refractivity contribution in [1.82, 2.24) is 10.3 Å². The highest BCUT2D eigenvalue weighted by Gasteiger charge is 2.19. The third kappa shape index (κ3) is 3.34. The number of methoxy groups -OCH3 is 1. The van der Waals surface area contributed by atoms with E-state index in [1.165, 1.54) is 7.11 Å². The molecule has 20 heavy (non-hydrogen) atoms. The summed E-state index contributed by atoms with van der Waals surface area (Å²) in [4.78, 5) is 27.6. The zero-order chi connectivity index (χ0) is 14.5. The number of ether oxygens (including phenoxy) is 1. The second kappa shape index (κ2) is 6.49. The third-order valence-corrected chi connectivity index (χ3v) is 3.63. The van der Waals surface area contributed by atoms with Gasteiger partial charge in [0.15, 0.2) is 4.47 Å². The normalized spacial score (nSPS) is 10.1. The summed E-state index contributed by atoms with van der Waals surface area (Å²) in [7, 11) is 1.26. The van der Waals surface area contributed by atoms with Crippen molar-refractivity contribution in [1.29, 1.82) is 0 Å². The molecule has 0 bridgehead atoms. The number of nitrogens with zero attached hydrogens (tertiary/aromatic N) is 1. The van der Waals surface area contributed by atoms with Gasteiger partial charge in [-0.2, -0.15) is 0 Å². The van der Waals surface area contributed by atoms with Gasteiger partial charge in [0, 0.05) is 5.56 Å². The summed E-state index contributed by atoms with van der Waals surface area (Å²) in [6.45, 7) is -0.195. The fourth-order valence-electron chi connectivity index (χ4n) is 1.54. The van der Waals surface area contributed by atoms with Crippen LogP contribution in [-0.4, -0.2) is 30.5 Å². The Balaban J connectivity index is 2.24. The van der Waals surface area contributed by atoms with Gasteiger partial charge in [0.1, 0.15) is 11.4 Å². The van der Waals surface area contributed by atoms with Gasteiger partial charge in [0.2, 0.25) is 0 Å². The summed E-state index contributed by atoms with van der Waals surface area (Å²) in [5, 5.41) is 2.47. The predicted octanol–water partition coefficient (Wildman–Crippen LogP) is 2.37. The molecule has 0 fully saturated rings. The van der Waals surface area contributed by atoms with Crippen LogP contribution in [0.25, 0.3) is 11.3 Å².